The van der Waals surface area contributed by atoms with Crippen LogP contribution in [0.1, 0.15) is 51.4 Å². The molecule has 0 aromatic carbocycles. The van der Waals surface area contributed by atoms with Crippen molar-refractivity contribution in [3.05, 3.63) is 49.1 Å². The minimum Gasteiger partial charge on any atom is -0.443 e. The van der Waals surface area contributed by atoms with E-state index in [1.54, 1.807) is 0 Å². The molecule has 0 aromatic heterocycles. The Bertz CT molecular complexity index is 349. The minimum atomic E-state index is -2.11. The first-order valence-corrected chi connectivity index (χ1v) is 12.7. The molecule has 1 nitrogen and oxygen atoms in total. The molecule has 0 unspecified atom stereocenters. The highest BCUT2D eigenvalue weighted by Gasteiger charge is 2.49. The summed E-state index contributed by atoms with van der Waals surface area (Å²) in [6, 6.07) is 0. The van der Waals surface area contributed by atoms with Crippen molar-refractivity contribution in [2.75, 3.05) is 0 Å². The lowest BCUT2D eigenvalue weighted by molar-refractivity contribution is 0.515. The second-order valence-corrected chi connectivity index (χ2v) is 14.1. The van der Waals surface area contributed by atoms with Gasteiger partial charge in [0.1, 0.15) is 0 Å². The van der Waals surface area contributed by atoms with Crippen LogP contribution in [0.25, 0.3) is 0 Å². The first-order valence-electron chi connectivity index (χ1n) is 8.41. The first-order chi connectivity index (χ1) is 10.2. The molecule has 2 saturated carbocycles. The van der Waals surface area contributed by atoms with E-state index in [-0.39, 0.29) is 0 Å². The summed E-state index contributed by atoms with van der Waals surface area (Å²) in [6.07, 6.45) is 10.4. The molecule has 21 heavy (non-hydrogen) atoms. The third-order valence-corrected chi connectivity index (χ3v) is 14.7. The van der Waals surface area contributed by atoms with Crippen molar-refractivity contribution in [2.24, 2.45) is 0 Å². The molecule has 2 aliphatic carbocycles. The molecule has 0 bridgehead atoms. The summed E-state index contributed by atoms with van der Waals surface area (Å²) in [5.41, 5.74) is 9.81. The molecule has 2 aliphatic rings. The monoisotopic (exact) mass is 318 g/mol. The van der Waals surface area contributed by atoms with Gasteiger partial charge in [0.05, 0.1) is 0 Å². The van der Waals surface area contributed by atoms with Gasteiger partial charge in [0.15, 0.2) is 0 Å². The van der Waals surface area contributed by atoms with Gasteiger partial charge in [-0.05, 0) is 11.1 Å². The van der Waals surface area contributed by atoms with E-state index in [0.717, 1.165) is 0 Å². The standard InChI is InChI=1S/C18H30OSi2/c1-5-20(6-2,17-13-9-10-14-17)19-21(7-3,8-4)18-15-11-12-16-18/h5-8,17-18H,1-4,9-16H2. The lowest BCUT2D eigenvalue weighted by atomic mass is 10.4. The summed E-state index contributed by atoms with van der Waals surface area (Å²) in [5.74, 6) is 0. The summed E-state index contributed by atoms with van der Waals surface area (Å²) in [5, 5.41) is 0. The zero-order chi connectivity index (χ0) is 15.3. The largest absolute Gasteiger partial charge is 0.443 e. The summed E-state index contributed by atoms with van der Waals surface area (Å²) >= 11 is 0. The molecule has 116 valence electrons. The molecule has 0 atom stereocenters. The van der Waals surface area contributed by atoms with E-state index >= 15 is 0 Å². The summed E-state index contributed by atoms with van der Waals surface area (Å²) < 4.78 is 7.00. The van der Waals surface area contributed by atoms with Crippen LogP contribution < -0.4 is 0 Å². The van der Waals surface area contributed by atoms with Crippen LogP contribution in [0.2, 0.25) is 11.1 Å². The highest BCUT2D eigenvalue weighted by molar-refractivity contribution is 6.97. The Morgan fingerprint density at radius 3 is 1.14 bits per heavy atom. The average molecular weight is 319 g/mol. The predicted molar refractivity (Wildman–Crippen MR) is 97.8 cm³/mol. The number of hydrogen-bond donors (Lipinski definition) is 0. The molecule has 0 aromatic rings. The summed E-state index contributed by atoms with van der Waals surface area (Å²) in [6.45, 7) is 16.6. The molecule has 2 fully saturated rings. The Kier molecular flexibility index (Phi) is 5.63. The smallest absolute Gasteiger partial charge is 0.232 e. The Morgan fingerprint density at radius 2 is 0.905 bits per heavy atom. The molecule has 3 heteroatoms. The molecule has 0 saturated heterocycles. The molecule has 0 aliphatic heterocycles. The zero-order valence-corrected chi connectivity index (χ0v) is 15.4. The fourth-order valence-electron chi connectivity index (χ4n) is 4.23. The van der Waals surface area contributed by atoms with E-state index < -0.39 is 16.6 Å². The van der Waals surface area contributed by atoms with Crippen LogP contribution in [0.5, 0.6) is 0 Å². The topological polar surface area (TPSA) is 9.23 Å². The number of hydrogen-bond acceptors (Lipinski definition) is 1. The lowest BCUT2D eigenvalue weighted by Crippen LogP contribution is -2.52. The van der Waals surface area contributed by atoms with Gasteiger partial charge in [-0.2, -0.15) is 0 Å². The fraction of sp³-hybridized carbons (Fsp3) is 0.556. The van der Waals surface area contributed by atoms with Crippen molar-refractivity contribution in [1.29, 1.82) is 0 Å². The van der Waals surface area contributed by atoms with Crippen LogP contribution in [0.4, 0.5) is 0 Å². The van der Waals surface area contributed by atoms with Crippen molar-refractivity contribution in [2.45, 2.75) is 62.4 Å². The third-order valence-electron chi connectivity index (χ3n) is 5.62. The Labute approximate surface area is 132 Å². The first kappa shape index (κ1) is 16.7. The zero-order valence-electron chi connectivity index (χ0n) is 13.4. The Balaban J connectivity index is 2.30. The Morgan fingerprint density at radius 1 is 0.619 bits per heavy atom. The Hall–Kier alpha value is -0.646. The van der Waals surface area contributed by atoms with Gasteiger partial charge in [-0.25, -0.2) is 0 Å². The molecule has 0 spiro atoms. The van der Waals surface area contributed by atoms with Crippen LogP contribution in [0, 0.1) is 0 Å². The maximum Gasteiger partial charge on any atom is 0.232 e. The number of rotatable bonds is 8. The predicted octanol–water partition coefficient (Wildman–Crippen LogP) is 5.68. The van der Waals surface area contributed by atoms with Crippen molar-refractivity contribution < 1.29 is 4.12 Å². The molecule has 0 heterocycles. The van der Waals surface area contributed by atoms with Gasteiger partial charge >= 0.3 is 0 Å². The maximum absolute atomic E-state index is 7.00. The third kappa shape index (κ3) is 3.10. The van der Waals surface area contributed by atoms with E-state index in [0.29, 0.717) is 11.1 Å². The minimum absolute atomic E-state index is 0.653. The second-order valence-electron chi connectivity index (χ2n) is 6.59. The summed E-state index contributed by atoms with van der Waals surface area (Å²) in [4.78, 5) is 0. The van der Waals surface area contributed by atoms with E-state index in [9.17, 15) is 0 Å². The molecular weight excluding hydrogens is 288 g/mol. The van der Waals surface area contributed by atoms with Crippen LogP contribution >= 0.6 is 0 Å². The van der Waals surface area contributed by atoms with E-state index in [1.807, 2.05) is 0 Å². The fourth-order valence-corrected chi connectivity index (χ4v) is 13.6. The maximum atomic E-state index is 7.00. The highest BCUT2D eigenvalue weighted by atomic mass is 28.4. The van der Waals surface area contributed by atoms with E-state index in [1.165, 1.54) is 51.4 Å². The average Bonchev–Trinajstić information content (AvgIpc) is 3.23. The van der Waals surface area contributed by atoms with Gasteiger partial charge in [0.25, 0.3) is 0 Å². The van der Waals surface area contributed by atoms with Crippen LogP contribution in [-0.4, -0.2) is 16.6 Å². The van der Waals surface area contributed by atoms with Gasteiger partial charge in [-0.1, -0.05) is 74.2 Å². The van der Waals surface area contributed by atoms with Crippen LogP contribution in [0.15, 0.2) is 49.1 Å². The highest BCUT2D eigenvalue weighted by Crippen LogP contribution is 2.46. The van der Waals surface area contributed by atoms with Gasteiger partial charge in [-0.3, -0.25) is 0 Å². The lowest BCUT2D eigenvalue weighted by Gasteiger charge is -2.42. The molecule has 2 rings (SSSR count). The van der Waals surface area contributed by atoms with Crippen LogP contribution in [-0.2, 0) is 4.12 Å². The quantitative estimate of drug-likeness (QED) is 0.523. The van der Waals surface area contributed by atoms with Crippen LogP contribution in [0.3, 0.4) is 0 Å². The van der Waals surface area contributed by atoms with Crippen molar-refractivity contribution in [3.63, 3.8) is 0 Å². The SMILES string of the molecule is C=C[Si](C=C)(O[Si](C=C)(C=C)C1CCCC1)C1CCCC1. The molecule has 0 radical (unpaired) electrons. The van der Waals surface area contributed by atoms with Crippen molar-refractivity contribution in [3.8, 4) is 0 Å². The van der Waals surface area contributed by atoms with E-state index in [4.69, 9.17) is 4.12 Å². The molecule has 0 amide bonds. The van der Waals surface area contributed by atoms with Crippen molar-refractivity contribution in [1.82, 2.24) is 0 Å². The van der Waals surface area contributed by atoms with E-state index in [2.05, 4.69) is 49.1 Å². The summed E-state index contributed by atoms with van der Waals surface area (Å²) in [7, 11) is -4.22. The normalized spacial score (nSPS) is 21.3. The van der Waals surface area contributed by atoms with Crippen molar-refractivity contribution >= 4 is 16.6 Å². The van der Waals surface area contributed by atoms with Gasteiger partial charge in [0.2, 0.25) is 16.6 Å². The molecule has 0 N–H and O–H groups in total. The molecular formula is C18H30OSi2. The van der Waals surface area contributed by atoms with Gasteiger partial charge in [-0.15, -0.1) is 26.3 Å². The van der Waals surface area contributed by atoms with Gasteiger partial charge in [0, 0.05) is 0 Å². The second kappa shape index (κ2) is 7.08. The van der Waals surface area contributed by atoms with Gasteiger partial charge < -0.3 is 4.12 Å².